The van der Waals surface area contributed by atoms with E-state index in [9.17, 15) is 0 Å². The van der Waals surface area contributed by atoms with Crippen LogP contribution in [0.25, 0.3) is 5.57 Å². The molecule has 0 aliphatic heterocycles. The van der Waals surface area contributed by atoms with Crippen LogP contribution in [0.1, 0.15) is 43.4 Å². The van der Waals surface area contributed by atoms with E-state index in [4.69, 9.17) is 4.74 Å². The molecule has 114 valence electrons. The molecule has 1 aromatic carbocycles. The van der Waals surface area contributed by atoms with Gasteiger partial charge in [0.15, 0.2) is 5.75 Å². The summed E-state index contributed by atoms with van der Waals surface area (Å²) in [7, 11) is 0. The van der Waals surface area contributed by atoms with Gasteiger partial charge in [-0.2, -0.15) is 0 Å². The van der Waals surface area contributed by atoms with Crippen LogP contribution < -0.4 is 4.74 Å². The van der Waals surface area contributed by atoms with Crippen molar-refractivity contribution in [1.29, 1.82) is 0 Å². The van der Waals surface area contributed by atoms with Crippen molar-refractivity contribution >= 4 is 5.57 Å². The fraction of sp³-hybridized carbons (Fsp3) is 0.263. The highest BCUT2D eigenvalue weighted by atomic mass is 16.5. The molecule has 0 fully saturated rings. The van der Waals surface area contributed by atoms with Gasteiger partial charge in [-0.25, -0.2) is 9.97 Å². The number of rotatable bonds is 5. The van der Waals surface area contributed by atoms with Gasteiger partial charge in [-0.3, -0.25) is 0 Å². The third-order valence-electron chi connectivity index (χ3n) is 3.54. The smallest absolute Gasteiger partial charge is 0.164 e. The maximum atomic E-state index is 6.02. The normalized spacial score (nSPS) is 11.6. The number of ether oxygens (including phenoxy) is 1. The van der Waals surface area contributed by atoms with Gasteiger partial charge in [0.1, 0.15) is 12.1 Å². The number of hydrogen-bond acceptors (Lipinski definition) is 3. The van der Waals surface area contributed by atoms with Crippen LogP contribution in [0.2, 0.25) is 0 Å². The van der Waals surface area contributed by atoms with Gasteiger partial charge in [-0.15, -0.1) is 0 Å². The van der Waals surface area contributed by atoms with Crippen molar-refractivity contribution in [2.24, 2.45) is 0 Å². The van der Waals surface area contributed by atoms with Crippen LogP contribution >= 0.6 is 0 Å². The SMILES string of the molecule is C=CC=C(C)c1cc(Oc2cncnc2)c(C(C)C)cc1C. The molecule has 1 aromatic heterocycles. The second kappa shape index (κ2) is 7.03. The van der Waals surface area contributed by atoms with Crippen molar-refractivity contribution in [3.05, 3.63) is 66.3 Å². The van der Waals surface area contributed by atoms with Crippen LogP contribution in [0.5, 0.6) is 11.5 Å². The molecule has 22 heavy (non-hydrogen) atoms. The third kappa shape index (κ3) is 3.61. The van der Waals surface area contributed by atoms with E-state index in [-0.39, 0.29) is 0 Å². The van der Waals surface area contributed by atoms with Gasteiger partial charge in [-0.1, -0.05) is 38.6 Å². The average Bonchev–Trinajstić information content (AvgIpc) is 2.49. The summed E-state index contributed by atoms with van der Waals surface area (Å²) in [5, 5.41) is 0. The highest BCUT2D eigenvalue weighted by Gasteiger charge is 2.13. The lowest BCUT2D eigenvalue weighted by Gasteiger charge is -2.17. The Hall–Kier alpha value is -2.42. The molecule has 2 aromatic rings. The fourth-order valence-electron chi connectivity index (χ4n) is 2.41. The minimum absolute atomic E-state index is 0.371. The first-order valence-corrected chi connectivity index (χ1v) is 7.40. The summed E-state index contributed by atoms with van der Waals surface area (Å²) in [6, 6.07) is 4.28. The Morgan fingerprint density at radius 3 is 2.50 bits per heavy atom. The van der Waals surface area contributed by atoms with Crippen molar-refractivity contribution in [3.8, 4) is 11.5 Å². The summed E-state index contributed by atoms with van der Waals surface area (Å²) in [4.78, 5) is 8.00. The summed E-state index contributed by atoms with van der Waals surface area (Å²) in [6.07, 6.45) is 8.64. The maximum absolute atomic E-state index is 6.02. The van der Waals surface area contributed by atoms with E-state index in [0.29, 0.717) is 11.7 Å². The maximum Gasteiger partial charge on any atom is 0.164 e. The lowest BCUT2D eigenvalue weighted by molar-refractivity contribution is 0.468. The molecule has 0 spiro atoms. The Bertz CT molecular complexity index is 688. The number of allylic oxidation sites excluding steroid dienone is 3. The topological polar surface area (TPSA) is 35.0 Å². The second-order valence-corrected chi connectivity index (χ2v) is 5.62. The monoisotopic (exact) mass is 294 g/mol. The van der Waals surface area contributed by atoms with E-state index in [0.717, 1.165) is 16.9 Å². The van der Waals surface area contributed by atoms with E-state index >= 15 is 0 Å². The van der Waals surface area contributed by atoms with Crippen molar-refractivity contribution in [2.45, 2.75) is 33.6 Å². The molecule has 0 amide bonds. The van der Waals surface area contributed by atoms with Crippen LogP contribution in [0, 0.1) is 6.92 Å². The molecule has 0 atom stereocenters. The zero-order valence-electron chi connectivity index (χ0n) is 13.6. The van der Waals surface area contributed by atoms with Crippen LogP contribution in [0.3, 0.4) is 0 Å². The average molecular weight is 294 g/mol. The fourth-order valence-corrected chi connectivity index (χ4v) is 2.41. The second-order valence-electron chi connectivity index (χ2n) is 5.62. The van der Waals surface area contributed by atoms with Gasteiger partial charge in [0.25, 0.3) is 0 Å². The van der Waals surface area contributed by atoms with Crippen LogP contribution in [-0.2, 0) is 0 Å². The Kier molecular flexibility index (Phi) is 5.10. The highest BCUT2D eigenvalue weighted by molar-refractivity contribution is 5.70. The Morgan fingerprint density at radius 2 is 1.91 bits per heavy atom. The van der Waals surface area contributed by atoms with Crippen molar-refractivity contribution in [3.63, 3.8) is 0 Å². The number of aryl methyl sites for hydroxylation is 1. The largest absolute Gasteiger partial charge is 0.454 e. The first-order chi connectivity index (χ1) is 10.5. The van der Waals surface area contributed by atoms with E-state index in [1.54, 1.807) is 18.5 Å². The summed E-state index contributed by atoms with van der Waals surface area (Å²) in [5.74, 6) is 1.86. The van der Waals surface area contributed by atoms with Gasteiger partial charge >= 0.3 is 0 Å². The predicted octanol–water partition coefficient (Wildman–Crippen LogP) is 5.29. The van der Waals surface area contributed by atoms with Crippen LogP contribution in [0.4, 0.5) is 0 Å². The Balaban J connectivity index is 2.51. The van der Waals surface area contributed by atoms with Gasteiger partial charge in [0.05, 0.1) is 12.4 Å². The minimum Gasteiger partial charge on any atom is -0.454 e. The lowest BCUT2D eigenvalue weighted by Crippen LogP contribution is -1.98. The molecule has 0 N–H and O–H groups in total. The van der Waals surface area contributed by atoms with Crippen molar-refractivity contribution in [2.75, 3.05) is 0 Å². The standard InChI is InChI=1S/C19H22N2O/c1-6-7-14(4)18-9-19(17(13(2)3)8-15(18)5)22-16-10-20-12-21-11-16/h6-13H,1H2,2-5H3. The Morgan fingerprint density at radius 1 is 1.23 bits per heavy atom. The van der Waals surface area contributed by atoms with E-state index < -0.39 is 0 Å². The summed E-state index contributed by atoms with van der Waals surface area (Å²) < 4.78 is 6.02. The van der Waals surface area contributed by atoms with Gasteiger partial charge < -0.3 is 4.74 Å². The molecule has 0 aliphatic rings. The number of aromatic nitrogens is 2. The van der Waals surface area contributed by atoms with E-state index in [1.807, 2.05) is 6.08 Å². The first-order valence-electron chi connectivity index (χ1n) is 7.40. The van der Waals surface area contributed by atoms with E-state index in [2.05, 4.69) is 56.4 Å². The molecule has 1 heterocycles. The summed E-state index contributed by atoms with van der Waals surface area (Å²) >= 11 is 0. The molecule has 0 aliphatic carbocycles. The van der Waals surface area contributed by atoms with Gasteiger partial charge in [-0.05, 0) is 48.1 Å². The molecule has 0 bridgehead atoms. The Labute approximate surface area is 132 Å². The lowest BCUT2D eigenvalue weighted by atomic mass is 9.93. The van der Waals surface area contributed by atoms with Gasteiger partial charge in [0.2, 0.25) is 0 Å². The quantitative estimate of drug-likeness (QED) is 0.703. The molecule has 0 saturated carbocycles. The third-order valence-corrected chi connectivity index (χ3v) is 3.54. The van der Waals surface area contributed by atoms with Crippen LogP contribution in [-0.4, -0.2) is 9.97 Å². The molecular weight excluding hydrogens is 272 g/mol. The molecular formula is C19H22N2O. The van der Waals surface area contributed by atoms with Crippen molar-refractivity contribution in [1.82, 2.24) is 9.97 Å². The van der Waals surface area contributed by atoms with Gasteiger partial charge in [0, 0.05) is 0 Å². The predicted molar refractivity (Wildman–Crippen MR) is 91.2 cm³/mol. The molecule has 0 saturated heterocycles. The molecule has 0 radical (unpaired) electrons. The first kappa shape index (κ1) is 16.0. The number of nitrogens with zero attached hydrogens (tertiary/aromatic N) is 2. The van der Waals surface area contributed by atoms with Crippen molar-refractivity contribution < 1.29 is 4.74 Å². The van der Waals surface area contributed by atoms with Crippen LogP contribution in [0.15, 0.2) is 49.6 Å². The summed E-state index contributed by atoms with van der Waals surface area (Å²) in [5.41, 5.74) is 4.74. The highest BCUT2D eigenvalue weighted by Crippen LogP contribution is 2.35. The zero-order chi connectivity index (χ0) is 16.1. The molecule has 3 heteroatoms. The number of benzene rings is 1. The number of hydrogen-bond donors (Lipinski definition) is 0. The molecule has 2 rings (SSSR count). The van der Waals surface area contributed by atoms with E-state index in [1.165, 1.54) is 17.5 Å². The summed E-state index contributed by atoms with van der Waals surface area (Å²) in [6.45, 7) is 12.3. The molecule has 0 unspecified atom stereocenters. The minimum atomic E-state index is 0.371. The molecule has 3 nitrogen and oxygen atoms in total. The zero-order valence-corrected chi connectivity index (χ0v) is 13.6.